The first-order chi connectivity index (χ1) is 14.9. The number of hydrogen-bond donors (Lipinski definition) is 1. The molecule has 0 saturated heterocycles. The van der Waals surface area contributed by atoms with Gasteiger partial charge in [0.15, 0.2) is 11.6 Å². The summed E-state index contributed by atoms with van der Waals surface area (Å²) in [6.45, 7) is 5.93. The minimum atomic E-state index is -1.16. The van der Waals surface area contributed by atoms with Crippen molar-refractivity contribution in [3.8, 4) is 11.5 Å². The SMILES string of the molecule is C=CC1=CC[C@H]2C(=O)C=C(C)C(=O)[C@@]2(Br)[C@H]1c1ccc(OCc2ccccc2)cc1O. The molecule has 1 N–H and O–H groups in total. The topological polar surface area (TPSA) is 63.6 Å². The van der Waals surface area contributed by atoms with Gasteiger partial charge in [-0.05, 0) is 42.2 Å². The van der Waals surface area contributed by atoms with E-state index in [0.29, 0.717) is 29.9 Å². The third kappa shape index (κ3) is 3.68. The van der Waals surface area contributed by atoms with Gasteiger partial charge in [-0.3, -0.25) is 9.59 Å². The summed E-state index contributed by atoms with van der Waals surface area (Å²) in [5.41, 5.74) is 2.79. The van der Waals surface area contributed by atoms with Gasteiger partial charge in [0, 0.05) is 23.5 Å². The molecule has 5 heteroatoms. The second-order valence-electron chi connectivity index (χ2n) is 7.95. The van der Waals surface area contributed by atoms with E-state index in [4.69, 9.17) is 4.74 Å². The molecule has 0 amide bonds. The number of phenolic OH excluding ortho intramolecular Hbond substituents is 1. The lowest BCUT2D eigenvalue weighted by Crippen LogP contribution is -2.53. The zero-order valence-electron chi connectivity index (χ0n) is 17.2. The number of alkyl halides is 1. The molecule has 0 bridgehead atoms. The van der Waals surface area contributed by atoms with Crippen molar-refractivity contribution in [2.24, 2.45) is 5.92 Å². The minimum absolute atomic E-state index is 0.00948. The zero-order chi connectivity index (χ0) is 22.2. The number of hydrogen-bond acceptors (Lipinski definition) is 4. The average molecular weight is 479 g/mol. The van der Waals surface area contributed by atoms with Gasteiger partial charge in [0.05, 0.1) is 0 Å². The summed E-state index contributed by atoms with van der Waals surface area (Å²) >= 11 is 3.68. The zero-order valence-corrected chi connectivity index (χ0v) is 18.8. The first-order valence-electron chi connectivity index (χ1n) is 10.1. The van der Waals surface area contributed by atoms with Gasteiger partial charge in [-0.1, -0.05) is 71.1 Å². The number of aromatic hydroxyl groups is 1. The van der Waals surface area contributed by atoms with Crippen molar-refractivity contribution < 1.29 is 19.4 Å². The Labute approximate surface area is 190 Å². The first kappa shape index (κ1) is 21.3. The molecule has 3 atom stereocenters. The van der Waals surface area contributed by atoms with Crippen LogP contribution in [-0.4, -0.2) is 21.0 Å². The third-order valence-corrected chi connectivity index (χ3v) is 7.43. The van der Waals surface area contributed by atoms with Crippen LogP contribution in [0.3, 0.4) is 0 Å². The Morgan fingerprint density at radius 3 is 2.65 bits per heavy atom. The predicted octanol–water partition coefficient (Wildman–Crippen LogP) is 5.42. The molecule has 0 heterocycles. The normalized spacial score (nSPS) is 25.4. The molecule has 4 rings (SSSR count). The highest BCUT2D eigenvalue weighted by Gasteiger charge is 2.57. The van der Waals surface area contributed by atoms with Crippen molar-refractivity contribution in [2.45, 2.75) is 30.2 Å². The summed E-state index contributed by atoms with van der Waals surface area (Å²) in [4.78, 5) is 26.0. The smallest absolute Gasteiger partial charge is 0.177 e. The van der Waals surface area contributed by atoms with E-state index in [1.807, 2.05) is 36.4 Å². The molecule has 0 aromatic heterocycles. The van der Waals surface area contributed by atoms with Crippen molar-refractivity contribution in [3.05, 3.63) is 95.6 Å². The number of phenols is 1. The van der Waals surface area contributed by atoms with Gasteiger partial charge in [-0.15, -0.1) is 0 Å². The Hall–Kier alpha value is -2.92. The summed E-state index contributed by atoms with van der Waals surface area (Å²) in [5, 5.41) is 10.9. The maximum Gasteiger partial charge on any atom is 0.177 e. The fourth-order valence-corrected chi connectivity index (χ4v) is 5.72. The number of benzene rings is 2. The highest BCUT2D eigenvalue weighted by molar-refractivity contribution is 9.10. The lowest BCUT2D eigenvalue weighted by molar-refractivity contribution is -0.128. The number of carbonyl (C=O) groups excluding carboxylic acids is 2. The van der Waals surface area contributed by atoms with Gasteiger partial charge in [0.1, 0.15) is 22.4 Å². The predicted molar refractivity (Wildman–Crippen MR) is 123 cm³/mol. The molecule has 2 aliphatic rings. The summed E-state index contributed by atoms with van der Waals surface area (Å²) in [5.74, 6) is -0.778. The Kier molecular flexibility index (Phi) is 5.71. The Balaban J connectivity index is 1.71. The van der Waals surface area contributed by atoms with Gasteiger partial charge in [-0.25, -0.2) is 0 Å². The van der Waals surface area contributed by atoms with Crippen LogP contribution in [0.15, 0.2) is 84.5 Å². The number of carbonyl (C=O) groups is 2. The number of ketones is 2. The maximum atomic E-state index is 13.3. The average Bonchev–Trinajstić information content (AvgIpc) is 2.77. The fourth-order valence-electron chi connectivity index (χ4n) is 4.49. The van der Waals surface area contributed by atoms with Crippen molar-refractivity contribution in [1.29, 1.82) is 0 Å². The monoisotopic (exact) mass is 478 g/mol. The number of halogens is 1. The van der Waals surface area contributed by atoms with Gasteiger partial charge in [0.2, 0.25) is 0 Å². The van der Waals surface area contributed by atoms with Gasteiger partial charge in [0.25, 0.3) is 0 Å². The van der Waals surface area contributed by atoms with E-state index >= 15 is 0 Å². The highest BCUT2D eigenvalue weighted by Crippen LogP contribution is 2.55. The van der Waals surface area contributed by atoms with Crippen molar-refractivity contribution in [2.75, 3.05) is 0 Å². The summed E-state index contributed by atoms with van der Waals surface area (Å²) < 4.78 is 4.66. The molecular formula is C26H23BrO4. The van der Waals surface area contributed by atoms with E-state index in [-0.39, 0.29) is 17.3 Å². The molecule has 2 aromatic rings. The molecule has 0 fully saturated rings. The van der Waals surface area contributed by atoms with Crippen LogP contribution < -0.4 is 4.74 Å². The molecular weight excluding hydrogens is 456 g/mol. The third-order valence-electron chi connectivity index (χ3n) is 6.06. The quantitative estimate of drug-likeness (QED) is 0.582. The standard InChI is InChI=1S/C26H23BrO4/c1-3-18-9-12-21-23(29)13-16(2)25(30)26(21,27)24(18)20-11-10-19(14-22(20)28)31-15-17-7-5-4-6-8-17/h3-11,13-14,21,24,28H,1,12,15H2,2H3/t21-,24+,26-/m0/s1. The van der Waals surface area contributed by atoms with Crippen LogP contribution >= 0.6 is 15.9 Å². The minimum Gasteiger partial charge on any atom is -0.508 e. The first-order valence-corrected chi connectivity index (χ1v) is 10.9. The number of fused-ring (bicyclic) bond motifs is 1. The number of rotatable bonds is 5. The fraction of sp³-hybridized carbons (Fsp3) is 0.231. The summed E-state index contributed by atoms with van der Waals surface area (Å²) in [6.07, 6.45) is 5.49. The Morgan fingerprint density at radius 1 is 1.23 bits per heavy atom. The molecule has 158 valence electrons. The molecule has 0 aliphatic heterocycles. The van der Waals surface area contributed by atoms with E-state index in [9.17, 15) is 14.7 Å². The Bertz CT molecular complexity index is 1120. The molecule has 0 spiro atoms. The molecule has 2 aromatic carbocycles. The second-order valence-corrected chi connectivity index (χ2v) is 9.26. The summed E-state index contributed by atoms with van der Waals surface area (Å²) in [6, 6.07) is 14.8. The molecule has 0 unspecified atom stereocenters. The van der Waals surface area contributed by atoms with Gasteiger partial charge in [-0.2, -0.15) is 0 Å². The number of allylic oxidation sites excluding steroid dienone is 5. The lowest BCUT2D eigenvalue weighted by atomic mass is 9.62. The van der Waals surface area contributed by atoms with E-state index in [1.54, 1.807) is 31.2 Å². The van der Waals surface area contributed by atoms with Crippen LogP contribution in [0.2, 0.25) is 0 Å². The molecule has 2 aliphatic carbocycles. The van der Waals surface area contributed by atoms with Crippen LogP contribution in [0.25, 0.3) is 0 Å². The van der Waals surface area contributed by atoms with Gasteiger partial charge < -0.3 is 9.84 Å². The van der Waals surface area contributed by atoms with Crippen LogP contribution in [-0.2, 0) is 16.2 Å². The van der Waals surface area contributed by atoms with E-state index in [0.717, 1.165) is 11.1 Å². The number of ether oxygens (including phenoxy) is 1. The second kappa shape index (κ2) is 8.31. The lowest BCUT2D eigenvalue weighted by Gasteiger charge is -2.45. The van der Waals surface area contributed by atoms with Crippen LogP contribution in [0.1, 0.15) is 30.4 Å². The highest BCUT2D eigenvalue weighted by atomic mass is 79.9. The van der Waals surface area contributed by atoms with Crippen molar-refractivity contribution >= 4 is 27.5 Å². The summed E-state index contributed by atoms with van der Waals surface area (Å²) in [7, 11) is 0. The van der Waals surface area contributed by atoms with E-state index in [2.05, 4.69) is 22.5 Å². The molecule has 4 nitrogen and oxygen atoms in total. The number of Topliss-reactive ketones (excluding diaryl/α,β-unsaturated/α-hetero) is 1. The van der Waals surface area contributed by atoms with Crippen LogP contribution in [0.5, 0.6) is 11.5 Å². The maximum absolute atomic E-state index is 13.3. The van der Waals surface area contributed by atoms with Crippen molar-refractivity contribution in [3.63, 3.8) is 0 Å². The molecule has 0 radical (unpaired) electrons. The van der Waals surface area contributed by atoms with Crippen LogP contribution in [0.4, 0.5) is 0 Å². The van der Waals surface area contributed by atoms with Gasteiger partial charge >= 0.3 is 0 Å². The molecule has 0 saturated carbocycles. The van der Waals surface area contributed by atoms with Crippen molar-refractivity contribution in [1.82, 2.24) is 0 Å². The van der Waals surface area contributed by atoms with E-state index in [1.165, 1.54) is 6.08 Å². The van der Waals surface area contributed by atoms with Crippen LogP contribution in [0, 0.1) is 5.92 Å². The molecule has 31 heavy (non-hydrogen) atoms. The largest absolute Gasteiger partial charge is 0.508 e. The van der Waals surface area contributed by atoms with E-state index < -0.39 is 16.2 Å². The Morgan fingerprint density at radius 2 is 1.97 bits per heavy atom.